The summed E-state index contributed by atoms with van der Waals surface area (Å²) in [5.41, 5.74) is 0. The number of hydrogen-bond acceptors (Lipinski definition) is 5. The maximum Gasteiger partial charge on any atom is 0.229 e. The lowest BCUT2D eigenvalue weighted by atomic mass is 10.1. The van der Waals surface area contributed by atoms with Crippen molar-refractivity contribution >= 4 is 0 Å². The molecule has 1 aliphatic rings. The van der Waals surface area contributed by atoms with Crippen LogP contribution in [0.25, 0.3) is 0 Å². The van der Waals surface area contributed by atoms with E-state index in [4.69, 9.17) is 9.26 Å². The summed E-state index contributed by atoms with van der Waals surface area (Å²) < 4.78 is 10.4. The molecule has 16 heavy (non-hydrogen) atoms. The third kappa shape index (κ3) is 3.02. The van der Waals surface area contributed by atoms with Gasteiger partial charge >= 0.3 is 0 Å². The van der Waals surface area contributed by atoms with Gasteiger partial charge in [0.15, 0.2) is 5.82 Å². The van der Waals surface area contributed by atoms with Crippen LogP contribution in [-0.2, 0) is 17.6 Å². The second-order valence-electron chi connectivity index (χ2n) is 4.30. The minimum atomic E-state index is -0.386. The Morgan fingerprint density at radius 2 is 2.44 bits per heavy atom. The molecule has 5 heteroatoms. The fourth-order valence-corrected chi connectivity index (χ4v) is 1.80. The predicted octanol–water partition coefficient (Wildman–Crippen LogP) is 0.962. The number of ether oxygens (including phenoxy) is 1. The van der Waals surface area contributed by atoms with Gasteiger partial charge in [-0.25, -0.2) is 0 Å². The monoisotopic (exact) mass is 226 g/mol. The van der Waals surface area contributed by atoms with E-state index in [1.165, 1.54) is 0 Å². The fraction of sp³-hybridized carbons (Fsp3) is 0.818. The molecule has 1 fully saturated rings. The average molecular weight is 226 g/mol. The summed E-state index contributed by atoms with van der Waals surface area (Å²) in [6.07, 6.45) is 2.65. The summed E-state index contributed by atoms with van der Waals surface area (Å²) in [6.45, 7) is 3.56. The van der Waals surface area contributed by atoms with E-state index >= 15 is 0 Å². The van der Waals surface area contributed by atoms with Crippen molar-refractivity contribution in [3.8, 4) is 0 Å². The maximum atomic E-state index is 9.46. The van der Waals surface area contributed by atoms with Crippen LogP contribution < -0.4 is 0 Å². The third-order valence-electron chi connectivity index (χ3n) is 2.89. The van der Waals surface area contributed by atoms with Crippen LogP contribution >= 0.6 is 0 Å². The Hall–Kier alpha value is -0.940. The Kier molecular flexibility index (Phi) is 3.90. The van der Waals surface area contributed by atoms with Gasteiger partial charge in [-0.05, 0) is 18.8 Å². The summed E-state index contributed by atoms with van der Waals surface area (Å²) in [7, 11) is 0. The largest absolute Gasteiger partial charge is 0.393 e. The molecule has 1 aromatic rings. The summed E-state index contributed by atoms with van der Waals surface area (Å²) in [6, 6.07) is 0. The number of rotatable bonds is 5. The van der Waals surface area contributed by atoms with Crippen molar-refractivity contribution in [1.82, 2.24) is 10.1 Å². The van der Waals surface area contributed by atoms with Crippen LogP contribution in [0.5, 0.6) is 0 Å². The molecule has 0 saturated carbocycles. The van der Waals surface area contributed by atoms with E-state index in [2.05, 4.69) is 10.1 Å². The standard InChI is InChI=1S/C11H18N2O3/c1-2-9(14)6-11-12-10(13-16-11)5-8-3-4-15-7-8/h8-9,14H,2-7H2,1H3. The number of aliphatic hydroxyl groups excluding tert-OH is 1. The van der Waals surface area contributed by atoms with Crippen LogP contribution in [0, 0.1) is 5.92 Å². The number of aromatic nitrogens is 2. The lowest BCUT2D eigenvalue weighted by Gasteiger charge is -2.02. The highest BCUT2D eigenvalue weighted by molar-refractivity contribution is 4.90. The molecule has 2 unspecified atom stereocenters. The zero-order chi connectivity index (χ0) is 11.4. The van der Waals surface area contributed by atoms with Gasteiger partial charge in [0.25, 0.3) is 0 Å². The molecular formula is C11H18N2O3. The fourth-order valence-electron chi connectivity index (χ4n) is 1.80. The lowest BCUT2D eigenvalue weighted by molar-refractivity contribution is 0.158. The first-order valence-corrected chi connectivity index (χ1v) is 5.85. The Labute approximate surface area is 94.8 Å². The Bertz CT molecular complexity index is 321. The molecule has 1 aliphatic heterocycles. The molecule has 0 aromatic carbocycles. The van der Waals surface area contributed by atoms with Gasteiger partial charge in [-0.1, -0.05) is 12.1 Å². The van der Waals surface area contributed by atoms with Gasteiger partial charge in [-0.3, -0.25) is 0 Å². The summed E-state index contributed by atoms with van der Waals surface area (Å²) >= 11 is 0. The summed E-state index contributed by atoms with van der Waals surface area (Å²) in [5, 5.41) is 13.4. The summed E-state index contributed by atoms with van der Waals surface area (Å²) in [5.74, 6) is 1.78. The second kappa shape index (κ2) is 5.41. The van der Waals surface area contributed by atoms with Crippen LogP contribution in [0.2, 0.25) is 0 Å². The lowest BCUT2D eigenvalue weighted by Crippen LogP contribution is -2.09. The highest BCUT2D eigenvalue weighted by Crippen LogP contribution is 2.16. The SMILES string of the molecule is CCC(O)Cc1nc(CC2CCOC2)no1. The van der Waals surface area contributed by atoms with Gasteiger partial charge in [0.1, 0.15) is 0 Å². The predicted molar refractivity (Wildman–Crippen MR) is 56.9 cm³/mol. The van der Waals surface area contributed by atoms with Gasteiger partial charge in [0.2, 0.25) is 5.89 Å². The molecule has 2 atom stereocenters. The molecule has 2 rings (SSSR count). The first kappa shape index (κ1) is 11.5. The van der Waals surface area contributed by atoms with E-state index in [9.17, 15) is 5.11 Å². The van der Waals surface area contributed by atoms with E-state index < -0.39 is 0 Å². The normalized spacial score (nSPS) is 22.5. The molecule has 0 amide bonds. The van der Waals surface area contributed by atoms with Gasteiger partial charge in [-0.2, -0.15) is 4.98 Å². The number of aliphatic hydroxyl groups is 1. The van der Waals surface area contributed by atoms with Gasteiger partial charge < -0.3 is 14.4 Å². The first-order valence-electron chi connectivity index (χ1n) is 5.85. The quantitative estimate of drug-likeness (QED) is 0.810. The smallest absolute Gasteiger partial charge is 0.229 e. The van der Waals surface area contributed by atoms with E-state index in [0.717, 1.165) is 31.9 Å². The molecule has 2 heterocycles. The highest BCUT2D eigenvalue weighted by atomic mass is 16.5. The molecule has 0 aliphatic carbocycles. The molecule has 0 bridgehead atoms. The molecule has 0 spiro atoms. The molecule has 1 N–H and O–H groups in total. The Morgan fingerprint density at radius 3 is 3.12 bits per heavy atom. The topological polar surface area (TPSA) is 68.4 Å². The van der Waals surface area contributed by atoms with Crippen molar-refractivity contribution < 1.29 is 14.4 Å². The van der Waals surface area contributed by atoms with Crippen LogP contribution in [0.3, 0.4) is 0 Å². The molecule has 1 aromatic heterocycles. The Balaban J connectivity index is 1.86. The number of nitrogens with zero attached hydrogens (tertiary/aromatic N) is 2. The van der Waals surface area contributed by atoms with Crippen molar-refractivity contribution in [1.29, 1.82) is 0 Å². The number of hydrogen-bond donors (Lipinski definition) is 1. The van der Waals surface area contributed by atoms with E-state index in [0.29, 0.717) is 24.7 Å². The van der Waals surface area contributed by atoms with E-state index in [-0.39, 0.29) is 6.10 Å². The van der Waals surface area contributed by atoms with Crippen LogP contribution in [0.15, 0.2) is 4.52 Å². The van der Waals surface area contributed by atoms with Crippen molar-refractivity contribution in [3.63, 3.8) is 0 Å². The van der Waals surface area contributed by atoms with Gasteiger partial charge in [-0.15, -0.1) is 0 Å². The minimum absolute atomic E-state index is 0.386. The Morgan fingerprint density at radius 1 is 1.56 bits per heavy atom. The van der Waals surface area contributed by atoms with Crippen molar-refractivity contribution in [2.45, 2.75) is 38.7 Å². The average Bonchev–Trinajstić information content (AvgIpc) is 2.91. The van der Waals surface area contributed by atoms with Crippen molar-refractivity contribution in [3.05, 3.63) is 11.7 Å². The minimum Gasteiger partial charge on any atom is -0.393 e. The first-order chi connectivity index (χ1) is 7.78. The van der Waals surface area contributed by atoms with E-state index in [1.807, 2.05) is 6.92 Å². The van der Waals surface area contributed by atoms with Gasteiger partial charge in [0.05, 0.1) is 12.5 Å². The van der Waals surface area contributed by atoms with Crippen LogP contribution in [0.1, 0.15) is 31.5 Å². The molecule has 0 radical (unpaired) electrons. The molecule has 90 valence electrons. The summed E-state index contributed by atoms with van der Waals surface area (Å²) in [4.78, 5) is 4.27. The van der Waals surface area contributed by atoms with Crippen LogP contribution in [0.4, 0.5) is 0 Å². The van der Waals surface area contributed by atoms with Crippen LogP contribution in [-0.4, -0.2) is 34.6 Å². The zero-order valence-electron chi connectivity index (χ0n) is 9.56. The maximum absolute atomic E-state index is 9.46. The van der Waals surface area contributed by atoms with Crippen molar-refractivity contribution in [2.24, 2.45) is 5.92 Å². The zero-order valence-corrected chi connectivity index (χ0v) is 9.56. The van der Waals surface area contributed by atoms with Gasteiger partial charge in [0, 0.05) is 19.6 Å². The molecule has 1 saturated heterocycles. The highest BCUT2D eigenvalue weighted by Gasteiger charge is 2.19. The van der Waals surface area contributed by atoms with Crippen molar-refractivity contribution in [2.75, 3.05) is 13.2 Å². The second-order valence-corrected chi connectivity index (χ2v) is 4.30. The molecular weight excluding hydrogens is 208 g/mol. The van der Waals surface area contributed by atoms with E-state index in [1.54, 1.807) is 0 Å². The third-order valence-corrected chi connectivity index (χ3v) is 2.89. The molecule has 5 nitrogen and oxygen atoms in total.